The number of H-pyrrole nitrogens is 1. The number of halogens is 1. The SMILES string of the molecule is O=CN1N=C(c2nc3ccccc3[nH]2)CC1c1ccc(Cl)cc1. The van der Waals surface area contributed by atoms with E-state index in [0.717, 1.165) is 28.7 Å². The Hall–Kier alpha value is -2.66. The van der Waals surface area contributed by atoms with Crippen LogP contribution in [0, 0.1) is 0 Å². The van der Waals surface area contributed by atoms with Crippen molar-refractivity contribution in [1.82, 2.24) is 15.0 Å². The number of imidazole rings is 1. The second kappa shape index (κ2) is 5.52. The summed E-state index contributed by atoms with van der Waals surface area (Å²) in [6.07, 6.45) is 1.36. The fourth-order valence-corrected chi connectivity index (χ4v) is 2.94. The monoisotopic (exact) mass is 324 g/mol. The van der Waals surface area contributed by atoms with Crippen molar-refractivity contribution in [3.05, 3.63) is 64.9 Å². The molecule has 4 rings (SSSR count). The summed E-state index contributed by atoms with van der Waals surface area (Å²) in [5.41, 5.74) is 3.61. The Bertz CT molecular complexity index is 867. The van der Waals surface area contributed by atoms with Crippen LogP contribution in [0.15, 0.2) is 53.6 Å². The van der Waals surface area contributed by atoms with Crippen LogP contribution in [-0.4, -0.2) is 27.1 Å². The molecule has 0 saturated carbocycles. The summed E-state index contributed by atoms with van der Waals surface area (Å²) in [4.78, 5) is 19.2. The van der Waals surface area contributed by atoms with Crippen molar-refractivity contribution in [3.63, 3.8) is 0 Å². The minimum Gasteiger partial charge on any atom is -0.337 e. The maximum atomic E-state index is 11.4. The van der Waals surface area contributed by atoms with Crippen molar-refractivity contribution in [2.24, 2.45) is 5.10 Å². The lowest BCUT2D eigenvalue weighted by Crippen LogP contribution is -2.17. The van der Waals surface area contributed by atoms with Crippen LogP contribution in [0.25, 0.3) is 11.0 Å². The second-order valence-corrected chi connectivity index (χ2v) is 5.84. The molecule has 2 aromatic carbocycles. The summed E-state index contributed by atoms with van der Waals surface area (Å²) >= 11 is 5.93. The van der Waals surface area contributed by atoms with E-state index in [-0.39, 0.29) is 6.04 Å². The molecule has 0 saturated heterocycles. The van der Waals surface area contributed by atoms with Gasteiger partial charge in [-0.05, 0) is 29.8 Å². The first kappa shape index (κ1) is 14.0. The number of rotatable bonds is 3. The standard InChI is InChI=1S/C17H13ClN4O/c18-12-7-5-11(6-8-12)16-9-15(21-22(16)10-23)17-19-13-3-1-2-4-14(13)20-17/h1-8,10,16H,9H2,(H,19,20). The van der Waals surface area contributed by atoms with Gasteiger partial charge in [-0.2, -0.15) is 5.10 Å². The van der Waals surface area contributed by atoms with Crippen LogP contribution >= 0.6 is 11.6 Å². The van der Waals surface area contributed by atoms with Crippen molar-refractivity contribution in [2.75, 3.05) is 0 Å². The number of amides is 1. The normalized spacial score (nSPS) is 17.5. The minimum absolute atomic E-state index is 0.132. The molecule has 1 unspecified atom stereocenters. The highest BCUT2D eigenvalue weighted by molar-refractivity contribution is 6.30. The number of aromatic nitrogens is 2. The summed E-state index contributed by atoms with van der Waals surface area (Å²) in [6.45, 7) is 0. The maximum Gasteiger partial charge on any atom is 0.230 e. The van der Waals surface area contributed by atoms with Crippen molar-refractivity contribution >= 4 is 34.8 Å². The van der Waals surface area contributed by atoms with Gasteiger partial charge in [0, 0.05) is 11.4 Å². The number of hydrazone groups is 1. The lowest BCUT2D eigenvalue weighted by molar-refractivity contribution is -0.119. The zero-order chi connectivity index (χ0) is 15.8. The number of hydrogen-bond acceptors (Lipinski definition) is 3. The molecular weight excluding hydrogens is 312 g/mol. The molecule has 0 aliphatic carbocycles. The van der Waals surface area contributed by atoms with Crippen LogP contribution in [0.1, 0.15) is 23.9 Å². The molecule has 0 bridgehead atoms. The zero-order valence-corrected chi connectivity index (χ0v) is 12.9. The molecule has 1 aliphatic rings. The Balaban J connectivity index is 1.68. The molecule has 1 amide bonds. The van der Waals surface area contributed by atoms with E-state index in [1.54, 1.807) is 0 Å². The highest BCUT2D eigenvalue weighted by atomic mass is 35.5. The minimum atomic E-state index is -0.132. The zero-order valence-electron chi connectivity index (χ0n) is 12.1. The summed E-state index contributed by atoms with van der Waals surface area (Å²) in [6, 6.07) is 15.1. The smallest absolute Gasteiger partial charge is 0.230 e. The molecule has 114 valence electrons. The lowest BCUT2D eigenvalue weighted by Gasteiger charge is -2.17. The van der Waals surface area contributed by atoms with E-state index < -0.39 is 0 Å². The van der Waals surface area contributed by atoms with E-state index in [0.29, 0.717) is 17.3 Å². The van der Waals surface area contributed by atoms with Crippen LogP contribution in [0.4, 0.5) is 0 Å². The molecule has 1 aromatic heterocycles. The van der Waals surface area contributed by atoms with Crippen LogP contribution in [-0.2, 0) is 4.79 Å². The van der Waals surface area contributed by atoms with Gasteiger partial charge in [0.2, 0.25) is 6.41 Å². The molecule has 0 spiro atoms. The van der Waals surface area contributed by atoms with Gasteiger partial charge in [0.1, 0.15) is 5.71 Å². The third kappa shape index (κ3) is 2.49. The Morgan fingerprint density at radius 1 is 1.17 bits per heavy atom. The van der Waals surface area contributed by atoms with Crippen LogP contribution in [0.2, 0.25) is 5.02 Å². The topological polar surface area (TPSA) is 61.4 Å². The maximum absolute atomic E-state index is 11.4. The largest absolute Gasteiger partial charge is 0.337 e. The van der Waals surface area contributed by atoms with Gasteiger partial charge < -0.3 is 4.98 Å². The summed E-state index contributed by atoms with van der Waals surface area (Å²) in [5.74, 6) is 0.703. The van der Waals surface area contributed by atoms with Gasteiger partial charge >= 0.3 is 0 Å². The van der Waals surface area contributed by atoms with Gasteiger partial charge in [0.15, 0.2) is 5.82 Å². The quantitative estimate of drug-likeness (QED) is 0.749. The fraction of sp³-hybridized carbons (Fsp3) is 0.118. The molecular formula is C17H13ClN4O. The van der Waals surface area contributed by atoms with Crippen LogP contribution in [0.5, 0.6) is 0 Å². The molecule has 23 heavy (non-hydrogen) atoms. The van der Waals surface area contributed by atoms with E-state index in [1.165, 1.54) is 5.01 Å². The van der Waals surface area contributed by atoms with Crippen molar-refractivity contribution in [3.8, 4) is 0 Å². The number of aromatic amines is 1. The number of para-hydroxylation sites is 2. The first-order valence-corrected chi connectivity index (χ1v) is 7.64. The van der Waals surface area contributed by atoms with E-state index >= 15 is 0 Å². The summed E-state index contributed by atoms with van der Waals surface area (Å²) < 4.78 is 0. The fourth-order valence-electron chi connectivity index (χ4n) is 2.81. The molecule has 5 nitrogen and oxygen atoms in total. The van der Waals surface area contributed by atoms with Gasteiger partial charge in [-0.3, -0.25) is 4.79 Å². The molecule has 1 N–H and O–H groups in total. The first-order valence-electron chi connectivity index (χ1n) is 7.26. The number of carbonyl (C=O) groups is 1. The molecule has 6 heteroatoms. The molecule has 0 radical (unpaired) electrons. The summed E-state index contributed by atoms with van der Waals surface area (Å²) in [7, 11) is 0. The number of fused-ring (bicyclic) bond motifs is 1. The Kier molecular flexibility index (Phi) is 3.35. The number of carbonyl (C=O) groups excluding carboxylic acids is 1. The average Bonchev–Trinajstić information content (AvgIpc) is 3.19. The number of nitrogens with zero attached hydrogens (tertiary/aromatic N) is 3. The molecule has 3 aromatic rings. The predicted octanol–water partition coefficient (Wildman–Crippen LogP) is 3.52. The summed E-state index contributed by atoms with van der Waals surface area (Å²) in [5, 5.41) is 6.51. The number of benzene rings is 2. The predicted molar refractivity (Wildman–Crippen MR) is 89.3 cm³/mol. The van der Waals surface area contributed by atoms with Crippen LogP contribution < -0.4 is 0 Å². The van der Waals surface area contributed by atoms with Gasteiger partial charge in [-0.25, -0.2) is 9.99 Å². The highest BCUT2D eigenvalue weighted by Gasteiger charge is 2.29. The average molecular weight is 325 g/mol. The van der Waals surface area contributed by atoms with Gasteiger partial charge in [0.05, 0.1) is 17.1 Å². The highest BCUT2D eigenvalue weighted by Crippen LogP contribution is 2.31. The lowest BCUT2D eigenvalue weighted by atomic mass is 10.0. The van der Waals surface area contributed by atoms with Gasteiger partial charge in [0.25, 0.3) is 0 Å². The first-order chi connectivity index (χ1) is 11.2. The van der Waals surface area contributed by atoms with Gasteiger partial charge in [-0.15, -0.1) is 0 Å². The number of nitrogens with one attached hydrogen (secondary N) is 1. The van der Waals surface area contributed by atoms with E-state index in [1.807, 2.05) is 48.5 Å². The molecule has 1 aliphatic heterocycles. The molecule has 0 fully saturated rings. The van der Waals surface area contributed by atoms with Crippen molar-refractivity contribution < 1.29 is 4.79 Å². The molecule has 1 atom stereocenters. The third-order valence-electron chi connectivity index (χ3n) is 3.97. The Morgan fingerprint density at radius 2 is 1.96 bits per heavy atom. The van der Waals surface area contributed by atoms with Gasteiger partial charge in [-0.1, -0.05) is 35.9 Å². The van der Waals surface area contributed by atoms with E-state index in [4.69, 9.17) is 11.6 Å². The number of hydrogen-bond donors (Lipinski definition) is 1. The second-order valence-electron chi connectivity index (χ2n) is 5.41. The Labute approximate surface area is 137 Å². The van der Waals surface area contributed by atoms with Crippen molar-refractivity contribution in [1.29, 1.82) is 0 Å². The van der Waals surface area contributed by atoms with E-state index in [9.17, 15) is 4.79 Å². The third-order valence-corrected chi connectivity index (χ3v) is 4.22. The van der Waals surface area contributed by atoms with Crippen molar-refractivity contribution in [2.45, 2.75) is 12.5 Å². The van der Waals surface area contributed by atoms with Crippen LogP contribution in [0.3, 0.4) is 0 Å². The Morgan fingerprint density at radius 3 is 2.70 bits per heavy atom. The molecule has 2 heterocycles. The van der Waals surface area contributed by atoms with E-state index in [2.05, 4.69) is 15.1 Å².